The largest absolute Gasteiger partial charge is 0.325 e. The van der Waals surface area contributed by atoms with Gasteiger partial charge in [0.05, 0.1) is 16.7 Å². The Kier molecular flexibility index (Phi) is 3.92. The first-order chi connectivity index (χ1) is 11.5. The molecule has 4 aliphatic rings. The molecule has 2 amide bonds. The molecule has 0 aromatic heterocycles. The van der Waals surface area contributed by atoms with Gasteiger partial charge in [0.15, 0.2) is 0 Å². The van der Waals surface area contributed by atoms with Crippen molar-refractivity contribution < 1.29 is 9.59 Å². The van der Waals surface area contributed by atoms with E-state index in [9.17, 15) is 9.59 Å². The summed E-state index contributed by atoms with van der Waals surface area (Å²) in [5.41, 5.74) is 2.82. The van der Waals surface area contributed by atoms with E-state index in [1.54, 1.807) is 12.1 Å². The summed E-state index contributed by atoms with van der Waals surface area (Å²) in [5, 5.41) is 3.03. The quantitative estimate of drug-likeness (QED) is 0.420. The predicted octanol–water partition coefficient (Wildman–Crippen LogP) is 3.21. The van der Waals surface area contributed by atoms with Gasteiger partial charge in [0.2, 0.25) is 5.91 Å². The first kappa shape index (κ1) is 16.1. The Labute approximate surface area is 149 Å². The summed E-state index contributed by atoms with van der Waals surface area (Å²) in [4.78, 5) is 25.1. The van der Waals surface area contributed by atoms with Crippen LogP contribution in [0.25, 0.3) is 0 Å². The van der Waals surface area contributed by atoms with Gasteiger partial charge in [-0.3, -0.25) is 15.0 Å². The monoisotopic (exact) mass is 391 g/mol. The van der Waals surface area contributed by atoms with Crippen molar-refractivity contribution in [2.75, 3.05) is 5.32 Å². The number of anilines is 1. The molecule has 4 aliphatic carbocycles. The Bertz CT molecular complexity index is 668. The normalized spacial score (nSPS) is 33.3. The maximum absolute atomic E-state index is 13.1. The molecule has 5 rings (SSSR count). The number of benzene rings is 1. The molecular weight excluding hydrogens is 370 g/mol. The molecule has 4 bridgehead atoms. The number of hydrogen-bond acceptors (Lipinski definition) is 3. The van der Waals surface area contributed by atoms with Crippen molar-refractivity contribution in [1.82, 2.24) is 5.43 Å². The highest BCUT2D eigenvalue weighted by Gasteiger charge is 2.54. The third-order valence-electron chi connectivity index (χ3n) is 6.13. The minimum absolute atomic E-state index is 0.0787. The lowest BCUT2D eigenvalue weighted by Gasteiger charge is -2.55. The first-order valence-corrected chi connectivity index (χ1v) is 9.40. The van der Waals surface area contributed by atoms with E-state index in [1.165, 1.54) is 19.3 Å². The number of halogens is 1. The highest BCUT2D eigenvalue weighted by Crippen LogP contribution is 2.60. The van der Waals surface area contributed by atoms with Crippen LogP contribution in [-0.4, -0.2) is 11.8 Å². The van der Waals surface area contributed by atoms with E-state index in [2.05, 4.69) is 26.7 Å². The van der Waals surface area contributed by atoms with Crippen LogP contribution in [0.4, 0.5) is 5.69 Å². The SMILES string of the molecule is NNC(=O)c1cc(Br)ccc1NC(=O)C12CC3CC(CC(C3)C1)C2. The lowest BCUT2D eigenvalue weighted by atomic mass is 9.49. The number of carbonyl (C=O) groups is 2. The number of nitrogens with two attached hydrogens (primary N) is 1. The summed E-state index contributed by atoms with van der Waals surface area (Å²) in [6.07, 6.45) is 6.89. The van der Waals surface area contributed by atoms with Gasteiger partial charge in [0, 0.05) is 4.47 Å². The zero-order chi connectivity index (χ0) is 16.9. The van der Waals surface area contributed by atoms with Gasteiger partial charge in [0.1, 0.15) is 0 Å². The highest BCUT2D eigenvalue weighted by atomic mass is 79.9. The summed E-state index contributed by atoms with van der Waals surface area (Å²) >= 11 is 3.36. The molecule has 6 heteroatoms. The lowest BCUT2D eigenvalue weighted by Crippen LogP contribution is -2.51. The van der Waals surface area contributed by atoms with Gasteiger partial charge in [-0.2, -0.15) is 0 Å². The second kappa shape index (κ2) is 5.85. The van der Waals surface area contributed by atoms with Gasteiger partial charge in [-0.05, 0) is 74.5 Å². The van der Waals surface area contributed by atoms with Crippen molar-refractivity contribution >= 4 is 33.4 Å². The second-order valence-corrected chi connectivity index (χ2v) is 8.73. The molecular formula is C18H22BrN3O2. The van der Waals surface area contributed by atoms with Crippen LogP contribution in [0.1, 0.15) is 48.9 Å². The van der Waals surface area contributed by atoms with Crippen LogP contribution in [0.3, 0.4) is 0 Å². The molecule has 0 radical (unpaired) electrons. The zero-order valence-electron chi connectivity index (χ0n) is 13.5. The molecule has 4 N–H and O–H groups in total. The fraction of sp³-hybridized carbons (Fsp3) is 0.556. The number of hydrazine groups is 1. The van der Waals surface area contributed by atoms with Crippen molar-refractivity contribution in [3.63, 3.8) is 0 Å². The molecule has 0 aliphatic heterocycles. The van der Waals surface area contributed by atoms with Crippen LogP contribution in [0, 0.1) is 23.2 Å². The lowest BCUT2D eigenvalue weighted by molar-refractivity contribution is -0.140. The summed E-state index contributed by atoms with van der Waals surface area (Å²) in [6, 6.07) is 5.26. The number of rotatable bonds is 3. The Hall–Kier alpha value is -1.40. The van der Waals surface area contributed by atoms with E-state index >= 15 is 0 Å². The molecule has 1 aromatic rings. The van der Waals surface area contributed by atoms with Gasteiger partial charge >= 0.3 is 0 Å². The molecule has 4 fully saturated rings. The third kappa shape index (κ3) is 2.65. The predicted molar refractivity (Wildman–Crippen MR) is 95.0 cm³/mol. The van der Waals surface area contributed by atoms with E-state index in [4.69, 9.17) is 5.84 Å². The minimum atomic E-state index is -0.405. The van der Waals surface area contributed by atoms with Crippen molar-refractivity contribution in [3.05, 3.63) is 28.2 Å². The van der Waals surface area contributed by atoms with Crippen LogP contribution < -0.4 is 16.6 Å². The van der Waals surface area contributed by atoms with Crippen molar-refractivity contribution in [3.8, 4) is 0 Å². The summed E-state index contributed by atoms with van der Waals surface area (Å²) in [7, 11) is 0. The Morgan fingerprint density at radius 1 is 1.08 bits per heavy atom. The van der Waals surface area contributed by atoms with Crippen LogP contribution in [0.15, 0.2) is 22.7 Å². The van der Waals surface area contributed by atoms with Crippen LogP contribution >= 0.6 is 15.9 Å². The zero-order valence-corrected chi connectivity index (χ0v) is 15.1. The van der Waals surface area contributed by atoms with Crippen molar-refractivity contribution in [1.29, 1.82) is 0 Å². The molecule has 0 spiro atoms. The molecule has 4 saturated carbocycles. The van der Waals surface area contributed by atoms with Crippen LogP contribution in [0.5, 0.6) is 0 Å². The van der Waals surface area contributed by atoms with E-state index in [1.807, 2.05) is 6.07 Å². The maximum atomic E-state index is 13.1. The van der Waals surface area contributed by atoms with Gasteiger partial charge in [-0.25, -0.2) is 5.84 Å². The van der Waals surface area contributed by atoms with E-state index in [-0.39, 0.29) is 11.3 Å². The first-order valence-electron chi connectivity index (χ1n) is 8.61. The topological polar surface area (TPSA) is 84.2 Å². The van der Waals surface area contributed by atoms with Crippen LogP contribution in [-0.2, 0) is 4.79 Å². The van der Waals surface area contributed by atoms with E-state index in [0.717, 1.165) is 23.7 Å². The standard InChI is InChI=1S/C18H22BrN3O2/c19-13-1-2-15(14(6-13)16(23)22-20)21-17(24)18-7-10-3-11(8-18)5-12(4-10)9-18/h1-2,6,10-12H,3-5,7-9,20H2,(H,21,24)(H,22,23). The average Bonchev–Trinajstić information content (AvgIpc) is 2.54. The maximum Gasteiger partial charge on any atom is 0.267 e. The fourth-order valence-corrected chi connectivity index (χ4v) is 5.90. The molecule has 5 nitrogen and oxygen atoms in total. The number of nitrogens with one attached hydrogen (secondary N) is 2. The summed E-state index contributed by atoms with van der Waals surface area (Å²) in [6.45, 7) is 0. The molecule has 128 valence electrons. The van der Waals surface area contributed by atoms with Crippen molar-refractivity contribution in [2.45, 2.75) is 38.5 Å². The summed E-state index contributed by atoms with van der Waals surface area (Å²) in [5.74, 6) is 7.07. The fourth-order valence-electron chi connectivity index (χ4n) is 5.53. The van der Waals surface area contributed by atoms with E-state index < -0.39 is 5.91 Å². The van der Waals surface area contributed by atoms with Gasteiger partial charge < -0.3 is 5.32 Å². The molecule has 0 heterocycles. The molecule has 0 atom stereocenters. The second-order valence-electron chi connectivity index (χ2n) is 7.82. The molecule has 1 aromatic carbocycles. The van der Waals surface area contributed by atoms with Gasteiger partial charge in [-0.15, -0.1) is 0 Å². The number of nitrogen functional groups attached to an aromatic ring is 1. The highest BCUT2D eigenvalue weighted by molar-refractivity contribution is 9.10. The molecule has 24 heavy (non-hydrogen) atoms. The van der Waals surface area contributed by atoms with E-state index in [0.29, 0.717) is 29.0 Å². The average molecular weight is 392 g/mol. The third-order valence-corrected chi connectivity index (χ3v) is 6.62. The molecule has 0 unspecified atom stereocenters. The Morgan fingerprint density at radius 3 is 2.21 bits per heavy atom. The Balaban J connectivity index is 1.60. The Morgan fingerprint density at radius 2 is 1.67 bits per heavy atom. The van der Waals surface area contributed by atoms with Crippen molar-refractivity contribution in [2.24, 2.45) is 29.0 Å². The molecule has 0 saturated heterocycles. The number of hydrogen-bond donors (Lipinski definition) is 3. The van der Waals surface area contributed by atoms with Gasteiger partial charge in [-0.1, -0.05) is 15.9 Å². The smallest absolute Gasteiger partial charge is 0.267 e. The minimum Gasteiger partial charge on any atom is -0.325 e. The number of amides is 2. The van der Waals surface area contributed by atoms with Crippen LogP contribution in [0.2, 0.25) is 0 Å². The van der Waals surface area contributed by atoms with Gasteiger partial charge in [0.25, 0.3) is 5.91 Å². The summed E-state index contributed by atoms with van der Waals surface area (Å²) < 4.78 is 0.772. The number of carbonyl (C=O) groups excluding carboxylic acids is 2.